The third kappa shape index (κ3) is 9.43. The van der Waals surface area contributed by atoms with Crippen LogP contribution in [0.4, 0.5) is 31.8 Å². The molecule has 66 heavy (non-hydrogen) atoms. The number of nitrogens with zero attached hydrogens (tertiary/aromatic N) is 9. The second-order valence-corrected chi connectivity index (χ2v) is 20.8. The molecule has 2 aromatic heterocycles. The Morgan fingerprint density at radius 2 is 1.00 bits per heavy atom. The first-order valence-corrected chi connectivity index (χ1v) is 22.6. The fraction of sp³-hybridized carbons (Fsp3) is 0.360. The maximum absolute atomic E-state index is 13.6. The molecule has 2 aliphatic heterocycles. The van der Waals surface area contributed by atoms with Gasteiger partial charge in [-0.15, -0.1) is 0 Å². The number of aromatic nitrogens is 4. The molecular weight excluding hydrogens is 905 g/mol. The van der Waals surface area contributed by atoms with Crippen LogP contribution in [0.3, 0.4) is 0 Å². The summed E-state index contributed by atoms with van der Waals surface area (Å²) in [4.78, 5) is 42.9. The number of rotatable bonds is 9. The fourth-order valence-electron chi connectivity index (χ4n) is 8.41. The van der Waals surface area contributed by atoms with Gasteiger partial charge in [0.2, 0.25) is 11.8 Å². The molecule has 16 heteroatoms. The fourth-order valence-corrected chi connectivity index (χ4v) is 8.63. The smallest absolute Gasteiger partial charge is 0.239 e. The van der Waals surface area contributed by atoms with E-state index in [2.05, 4.69) is 57.9 Å². The van der Waals surface area contributed by atoms with Gasteiger partial charge in [0.1, 0.15) is 51.8 Å². The number of anilines is 4. The summed E-state index contributed by atoms with van der Waals surface area (Å²) in [5, 5.41) is 10.7. The highest BCUT2D eigenvalue weighted by molar-refractivity contribution is 9.10. The number of carbonyl (C=O) groups is 2. The van der Waals surface area contributed by atoms with E-state index in [-0.39, 0.29) is 23.4 Å². The minimum atomic E-state index is -1.22. The molecule has 0 bridgehead atoms. The van der Waals surface area contributed by atoms with Gasteiger partial charge in [0.15, 0.2) is 0 Å². The molecule has 2 aliphatic rings. The molecule has 2 N–H and O–H groups in total. The highest BCUT2D eigenvalue weighted by atomic mass is 79.9. The summed E-state index contributed by atoms with van der Waals surface area (Å²) in [7, 11) is 0. The van der Waals surface area contributed by atoms with E-state index >= 15 is 0 Å². The molecule has 0 unspecified atom stereocenters. The lowest BCUT2D eigenvalue weighted by molar-refractivity contribution is -0.143. The molecule has 4 aromatic carbocycles. The zero-order chi connectivity index (χ0) is 47.9. The van der Waals surface area contributed by atoms with Crippen LogP contribution < -0.4 is 10.6 Å². The summed E-state index contributed by atoms with van der Waals surface area (Å²) >= 11 is 3.52. The Kier molecular flexibility index (Phi) is 13.0. The number of hydrogen-bond acceptors (Lipinski definition) is 7. The molecule has 6 aromatic rings. The van der Waals surface area contributed by atoms with Crippen LogP contribution in [0.1, 0.15) is 78.2 Å². The predicted molar refractivity (Wildman–Crippen MR) is 260 cm³/mol. The maximum atomic E-state index is 13.6. The summed E-state index contributed by atoms with van der Waals surface area (Å²) in [6.45, 7) is 21.0. The molecule has 0 saturated carbocycles. The number of nitrogens with one attached hydrogen (secondary N) is 2. The molecule has 344 valence electrons. The van der Waals surface area contributed by atoms with Gasteiger partial charge in [-0.05, 0) is 148 Å². The van der Waals surface area contributed by atoms with Crippen LogP contribution in [0.2, 0.25) is 0 Å². The summed E-state index contributed by atoms with van der Waals surface area (Å²) < 4.78 is 30.8. The van der Waals surface area contributed by atoms with E-state index in [9.17, 15) is 18.4 Å². The molecule has 0 fully saturated rings. The third-order valence-electron chi connectivity index (χ3n) is 12.2. The van der Waals surface area contributed by atoms with Crippen molar-refractivity contribution >= 4 is 50.8 Å². The van der Waals surface area contributed by atoms with Gasteiger partial charge < -0.3 is 29.6 Å². The molecular formula is C50H56BrF2N11O2. The average molecular weight is 961 g/mol. The maximum Gasteiger partial charge on any atom is 0.239 e. The van der Waals surface area contributed by atoms with Crippen LogP contribution in [0.15, 0.2) is 102 Å². The highest BCUT2D eigenvalue weighted by Gasteiger charge is 2.46. The van der Waals surface area contributed by atoms with Crippen LogP contribution >= 0.6 is 15.9 Å². The Morgan fingerprint density at radius 1 is 0.636 bits per heavy atom. The molecule has 0 aliphatic carbocycles. The van der Waals surface area contributed by atoms with Gasteiger partial charge in [-0.3, -0.25) is 9.59 Å². The van der Waals surface area contributed by atoms with Crippen molar-refractivity contribution in [2.24, 2.45) is 5.11 Å². The Balaban J connectivity index is 0.000000197. The second-order valence-electron chi connectivity index (χ2n) is 18.8. The van der Waals surface area contributed by atoms with Gasteiger partial charge in [0.05, 0.1) is 15.4 Å². The number of fused-ring (bicyclic) bond motifs is 2. The number of benzene rings is 4. The second kappa shape index (κ2) is 18.0. The van der Waals surface area contributed by atoms with E-state index in [0.29, 0.717) is 37.7 Å². The standard InChI is InChI=1S/C25H28BrFN4O.C25H28FN7O/c1-16-6-12-19(13-7-16)28-21-20(17-8-10-18(27)11-9-17)29-22-25(4,5)31(15-14-30(21)22)23(32)24(2,3)26;1-16-6-12-19(13-7-16)28-21-20(17-8-10-18(26)11-9-17)29-22-25(4,5)33(15-14-32(21)22)23(34)24(2,3)30-31-27/h6-13,28H,14-15H2,1-5H3;6-13,28H,14-15H2,1-5H3. The first kappa shape index (κ1) is 47.5. The van der Waals surface area contributed by atoms with Crippen LogP contribution in [-0.2, 0) is 33.8 Å². The van der Waals surface area contributed by atoms with Gasteiger partial charge in [-0.2, -0.15) is 0 Å². The number of aryl methyl sites for hydroxylation is 2. The van der Waals surface area contributed by atoms with Gasteiger partial charge in [0, 0.05) is 53.6 Å². The molecule has 4 heterocycles. The van der Waals surface area contributed by atoms with Crippen LogP contribution in [-0.4, -0.2) is 63.7 Å². The van der Waals surface area contributed by atoms with Gasteiger partial charge in [0.25, 0.3) is 0 Å². The summed E-state index contributed by atoms with van der Waals surface area (Å²) in [5.74, 6) is 2.25. The molecule has 0 saturated heterocycles. The quantitative estimate of drug-likeness (QED) is 0.0638. The normalized spacial score (nSPS) is 15.1. The summed E-state index contributed by atoms with van der Waals surface area (Å²) in [6, 6.07) is 28.8. The molecule has 0 radical (unpaired) electrons. The minimum absolute atomic E-state index is 0.0214. The molecule has 13 nitrogen and oxygen atoms in total. The van der Waals surface area contributed by atoms with Crippen molar-refractivity contribution in [3.63, 3.8) is 0 Å². The monoisotopic (exact) mass is 959 g/mol. The first-order chi connectivity index (χ1) is 31.0. The number of hydrogen-bond donors (Lipinski definition) is 2. The number of alkyl halides is 1. The predicted octanol–water partition coefficient (Wildman–Crippen LogP) is 11.9. The summed E-state index contributed by atoms with van der Waals surface area (Å²) in [6.07, 6.45) is 0. The van der Waals surface area contributed by atoms with E-state index in [4.69, 9.17) is 15.5 Å². The number of azide groups is 1. The van der Waals surface area contributed by atoms with Gasteiger partial charge in [-0.25, -0.2) is 18.7 Å². The number of amides is 2. The zero-order valence-corrected chi connectivity index (χ0v) is 40.6. The van der Waals surface area contributed by atoms with Gasteiger partial charge in [-0.1, -0.05) is 56.4 Å². The lowest BCUT2D eigenvalue weighted by atomic mass is 9.94. The molecule has 0 atom stereocenters. The third-order valence-corrected chi connectivity index (χ3v) is 12.5. The van der Waals surface area contributed by atoms with E-state index in [0.717, 1.165) is 51.2 Å². The summed E-state index contributed by atoms with van der Waals surface area (Å²) in [5.41, 5.74) is 13.5. The first-order valence-electron chi connectivity index (χ1n) is 21.8. The highest BCUT2D eigenvalue weighted by Crippen LogP contribution is 2.43. The molecule has 2 amide bonds. The van der Waals surface area contributed by atoms with E-state index in [1.54, 1.807) is 43.0 Å². The Bertz CT molecular complexity index is 2800. The van der Waals surface area contributed by atoms with Crippen molar-refractivity contribution < 1.29 is 18.4 Å². The Hall–Kier alpha value is -6.51. The van der Waals surface area contributed by atoms with Crippen LogP contribution in [0.5, 0.6) is 0 Å². The van der Waals surface area contributed by atoms with Crippen LogP contribution in [0, 0.1) is 25.5 Å². The molecule has 0 spiro atoms. The van der Waals surface area contributed by atoms with Crippen molar-refractivity contribution in [1.29, 1.82) is 0 Å². The average Bonchev–Trinajstić information content (AvgIpc) is 3.82. The lowest BCUT2D eigenvalue weighted by Crippen LogP contribution is -2.56. The van der Waals surface area contributed by atoms with E-state index < -0.39 is 20.9 Å². The van der Waals surface area contributed by atoms with Crippen molar-refractivity contribution in [2.75, 3.05) is 23.7 Å². The number of carbonyl (C=O) groups excluding carboxylic acids is 2. The topological polar surface area (TPSA) is 149 Å². The Labute approximate surface area is 393 Å². The van der Waals surface area contributed by atoms with E-state index in [1.807, 2.05) is 96.7 Å². The number of imidazole rings is 2. The van der Waals surface area contributed by atoms with Crippen molar-refractivity contribution in [3.05, 3.63) is 142 Å². The SMILES string of the molecule is Cc1ccc(Nc2c(-c3ccc(F)cc3)nc3n2CCN(C(=O)C(C)(C)Br)C3(C)C)cc1.Cc1ccc(Nc2c(-c3ccc(F)cc3)nc3n2CCN(C(=O)C(C)(C)N=[N+]=[N-])C3(C)C)cc1. The lowest BCUT2D eigenvalue weighted by Gasteiger charge is -2.44. The minimum Gasteiger partial charge on any atom is -0.340 e. The van der Waals surface area contributed by atoms with Crippen molar-refractivity contribution in [2.45, 2.75) is 103 Å². The Morgan fingerprint density at radius 3 is 1.35 bits per heavy atom. The zero-order valence-electron chi connectivity index (χ0n) is 39.0. The molecule has 8 rings (SSSR count). The number of halogens is 3. The van der Waals surface area contributed by atoms with Crippen molar-refractivity contribution in [3.8, 4) is 22.5 Å². The van der Waals surface area contributed by atoms with Gasteiger partial charge >= 0.3 is 0 Å². The van der Waals surface area contributed by atoms with Crippen molar-refractivity contribution in [1.82, 2.24) is 28.9 Å². The van der Waals surface area contributed by atoms with Crippen LogP contribution in [0.25, 0.3) is 33.0 Å². The van der Waals surface area contributed by atoms with E-state index in [1.165, 1.54) is 29.8 Å². The largest absolute Gasteiger partial charge is 0.340 e.